The molecule has 20 heavy (non-hydrogen) atoms. The minimum absolute atomic E-state index is 0.568. The average molecular weight is 284 g/mol. The number of rotatable bonds is 0. The van der Waals surface area contributed by atoms with Gasteiger partial charge in [-0.3, -0.25) is 4.98 Å². The Bertz CT molecular complexity index is 667. The van der Waals surface area contributed by atoms with E-state index in [0.29, 0.717) is 6.61 Å². The van der Waals surface area contributed by atoms with Gasteiger partial charge in [0.1, 0.15) is 6.61 Å². The molecule has 4 rings (SSSR count). The molecule has 102 valence electrons. The van der Waals surface area contributed by atoms with E-state index in [1.54, 1.807) is 11.3 Å². The Labute approximate surface area is 122 Å². The smallest absolute Gasteiger partial charge is 0.182 e. The van der Waals surface area contributed by atoms with E-state index in [4.69, 9.17) is 4.74 Å². The van der Waals surface area contributed by atoms with Gasteiger partial charge in [-0.05, 0) is 49.0 Å². The van der Waals surface area contributed by atoms with Gasteiger partial charge in [-0.15, -0.1) is 11.3 Å². The molecule has 2 aromatic heterocycles. The van der Waals surface area contributed by atoms with Crippen molar-refractivity contribution >= 4 is 16.9 Å². The van der Waals surface area contributed by atoms with Crippen molar-refractivity contribution in [2.45, 2.75) is 19.4 Å². The standard InChI is InChI=1S/C16H16N2OS/c1-2-12-14(18-6-1)10-19-16-13(5-9-20-16)15(12)11-3-7-17-8-4-11/h1-2,5-6,9,17H,3-4,7-8,10H2. The van der Waals surface area contributed by atoms with Crippen molar-refractivity contribution in [1.82, 2.24) is 10.3 Å². The molecule has 0 unspecified atom stereocenters. The lowest BCUT2D eigenvalue weighted by Gasteiger charge is -2.20. The van der Waals surface area contributed by atoms with E-state index in [-0.39, 0.29) is 0 Å². The van der Waals surface area contributed by atoms with Crippen LogP contribution in [-0.2, 0) is 6.61 Å². The van der Waals surface area contributed by atoms with Gasteiger partial charge in [0.2, 0.25) is 0 Å². The normalized spacial score (nSPS) is 18.0. The molecule has 0 saturated carbocycles. The maximum Gasteiger partial charge on any atom is 0.182 e. The van der Waals surface area contributed by atoms with E-state index in [0.717, 1.165) is 36.7 Å². The summed E-state index contributed by atoms with van der Waals surface area (Å²) < 4.78 is 5.94. The number of hydrogen-bond donors (Lipinski definition) is 1. The molecular formula is C16H16N2OS. The van der Waals surface area contributed by atoms with Gasteiger partial charge in [0.05, 0.1) is 5.69 Å². The van der Waals surface area contributed by atoms with Gasteiger partial charge in [-0.2, -0.15) is 0 Å². The highest BCUT2D eigenvalue weighted by Gasteiger charge is 2.24. The van der Waals surface area contributed by atoms with E-state index < -0.39 is 0 Å². The zero-order valence-corrected chi connectivity index (χ0v) is 12.0. The minimum atomic E-state index is 0.568. The van der Waals surface area contributed by atoms with Gasteiger partial charge in [-0.1, -0.05) is 11.6 Å². The summed E-state index contributed by atoms with van der Waals surface area (Å²) in [5.41, 5.74) is 6.45. The zero-order chi connectivity index (χ0) is 13.4. The Morgan fingerprint density at radius 3 is 2.95 bits per heavy atom. The second-order valence-corrected chi connectivity index (χ2v) is 6.02. The van der Waals surface area contributed by atoms with E-state index in [1.807, 2.05) is 12.3 Å². The minimum Gasteiger partial charge on any atom is -0.477 e. The molecule has 2 aliphatic rings. The number of nitrogens with zero attached hydrogens (tertiary/aromatic N) is 1. The fourth-order valence-corrected chi connectivity index (χ4v) is 3.76. The maximum atomic E-state index is 5.94. The van der Waals surface area contributed by atoms with E-state index in [9.17, 15) is 0 Å². The Hall–Kier alpha value is -1.65. The molecule has 0 spiro atoms. The highest BCUT2D eigenvalue weighted by molar-refractivity contribution is 7.12. The lowest BCUT2D eigenvalue weighted by Crippen LogP contribution is -2.23. The molecule has 4 heteroatoms. The van der Waals surface area contributed by atoms with Crippen molar-refractivity contribution in [3.8, 4) is 5.06 Å². The van der Waals surface area contributed by atoms with Gasteiger partial charge >= 0.3 is 0 Å². The largest absolute Gasteiger partial charge is 0.477 e. The van der Waals surface area contributed by atoms with Crippen molar-refractivity contribution in [2.24, 2.45) is 0 Å². The van der Waals surface area contributed by atoms with Crippen LogP contribution in [0.2, 0.25) is 0 Å². The van der Waals surface area contributed by atoms with Crippen molar-refractivity contribution in [3.05, 3.63) is 52.2 Å². The molecule has 0 atom stereocenters. The van der Waals surface area contributed by atoms with Crippen LogP contribution >= 0.6 is 11.3 Å². The van der Waals surface area contributed by atoms with Crippen molar-refractivity contribution < 1.29 is 4.74 Å². The number of fused-ring (bicyclic) bond motifs is 2. The van der Waals surface area contributed by atoms with Crippen LogP contribution in [0.3, 0.4) is 0 Å². The number of piperidine rings is 1. The molecule has 1 fully saturated rings. The Morgan fingerprint density at radius 1 is 1.15 bits per heavy atom. The molecule has 0 amide bonds. The Balaban J connectivity index is 1.96. The third-order valence-corrected chi connectivity index (χ3v) is 4.78. The molecular weight excluding hydrogens is 268 g/mol. The molecule has 1 N–H and O–H groups in total. The number of aromatic nitrogens is 1. The molecule has 0 bridgehead atoms. The molecule has 4 heterocycles. The quantitative estimate of drug-likeness (QED) is 0.806. The highest BCUT2D eigenvalue weighted by Crippen LogP contribution is 2.42. The molecule has 0 aromatic carbocycles. The van der Waals surface area contributed by atoms with E-state index in [1.165, 1.54) is 22.3 Å². The molecule has 0 radical (unpaired) electrons. The van der Waals surface area contributed by atoms with Crippen molar-refractivity contribution in [1.29, 1.82) is 0 Å². The summed E-state index contributed by atoms with van der Waals surface area (Å²) in [5.74, 6) is 0. The van der Waals surface area contributed by atoms with Crippen LogP contribution in [0.15, 0.2) is 35.3 Å². The van der Waals surface area contributed by atoms with Gasteiger partial charge in [0.15, 0.2) is 5.06 Å². The predicted molar refractivity (Wildman–Crippen MR) is 81.0 cm³/mol. The fourth-order valence-electron chi connectivity index (χ4n) is 3.01. The number of thiophene rings is 1. The first kappa shape index (κ1) is 12.1. The maximum absolute atomic E-state index is 5.94. The van der Waals surface area contributed by atoms with Crippen LogP contribution in [0, 0.1) is 0 Å². The van der Waals surface area contributed by atoms with Gasteiger partial charge in [0, 0.05) is 17.3 Å². The Kier molecular flexibility index (Phi) is 3.05. The Morgan fingerprint density at radius 2 is 2.05 bits per heavy atom. The van der Waals surface area contributed by atoms with Crippen molar-refractivity contribution in [2.75, 3.05) is 13.1 Å². The molecule has 2 aliphatic heterocycles. The van der Waals surface area contributed by atoms with Crippen LogP contribution < -0.4 is 10.1 Å². The topological polar surface area (TPSA) is 34.2 Å². The van der Waals surface area contributed by atoms with Gasteiger partial charge < -0.3 is 10.1 Å². The second-order valence-electron chi connectivity index (χ2n) is 5.14. The number of nitrogens with one attached hydrogen (secondary N) is 1. The van der Waals surface area contributed by atoms with Crippen LogP contribution in [-0.4, -0.2) is 18.1 Å². The lowest BCUT2D eigenvalue weighted by atomic mass is 9.89. The van der Waals surface area contributed by atoms with Gasteiger partial charge in [0.25, 0.3) is 0 Å². The SMILES string of the molecule is c1cnc2c(c1)C(=C1CCNCC1)c1ccsc1OC2. The summed E-state index contributed by atoms with van der Waals surface area (Å²) in [6.45, 7) is 2.70. The summed E-state index contributed by atoms with van der Waals surface area (Å²) in [6.07, 6.45) is 4.07. The molecule has 0 aliphatic carbocycles. The molecule has 2 aromatic rings. The van der Waals surface area contributed by atoms with E-state index in [2.05, 4.69) is 27.8 Å². The van der Waals surface area contributed by atoms with Gasteiger partial charge in [-0.25, -0.2) is 0 Å². The van der Waals surface area contributed by atoms with Crippen LogP contribution in [0.25, 0.3) is 5.57 Å². The summed E-state index contributed by atoms with van der Waals surface area (Å²) in [4.78, 5) is 4.52. The predicted octanol–water partition coefficient (Wildman–Crippen LogP) is 3.22. The third kappa shape index (κ3) is 1.96. The number of pyridine rings is 1. The van der Waals surface area contributed by atoms with E-state index >= 15 is 0 Å². The summed E-state index contributed by atoms with van der Waals surface area (Å²) in [6, 6.07) is 6.40. The van der Waals surface area contributed by atoms with Crippen molar-refractivity contribution in [3.63, 3.8) is 0 Å². The monoisotopic (exact) mass is 284 g/mol. The van der Waals surface area contributed by atoms with Crippen LogP contribution in [0.5, 0.6) is 5.06 Å². The highest BCUT2D eigenvalue weighted by atomic mass is 32.1. The number of hydrogen-bond acceptors (Lipinski definition) is 4. The number of ether oxygens (including phenoxy) is 1. The van der Waals surface area contributed by atoms with Crippen LogP contribution in [0.1, 0.15) is 29.7 Å². The fraction of sp³-hybridized carbons (Fsp3) is 0.312. The summed E-state index contributed by atoms with van der Waals surface area (Å²) >= 11 is 1.68. The average Bonchev–Trinajstić information content (AvgIpc) is 2.90. The lowest BCUT2D eigenvalue weighted by molar-refractivity contribution is 0.312. The first-order valence-corrected chi connectivity index (χ1v) is 7.89. The first-order valence-electron chi connectivity index (χ1n) is 7.01. The van der Waals surface area contributed by atoms with Crippen LogP contribution in [0.4, 0.5) is 0 Å². The summed E-state index contributed by atoms with van der Waals surface area (Å²) in [5, 5.41) is 6.58. The summed E-state index contributed by atoms with van der Waals surface area (Å²) in [7, 11) is 0. The molecule has 1 saturated heterocycles. The third-order valence-electron chi connectivity index (χ3n) is 3.96. The zero-order valence-electron chi connectivity index (χ0n) is 11.2. The molecule has 3 nitrogen and oxygen atoms in total. The second kappa shape index (κ2) is 5.04. The first-order chi connectivity index (χ1) is 9.93.